The van der Waals surface area contributed by atoms with E-state index in [1.807, 2.05) is 36.4 Å². The first-order chi connectivity index (χ1) is 15.4. The Bertz CT molecular complexity index is 1010. The van der Waals surface area contributed by atoms with Crippen molar-refractivity contribution in [2.75, 3.05) is 6.61 Å². The number of rotatable bonds is 5. The van der Waals surface area contributed by atoms with Gasteiger partial charge in [0.1, 0.15) is 17.3 Å². The molecule has 32 heavy (non-hydrogen) atoms. The summed E-state index contributed by atoms with van der Waals surface area (Å²) in [6, 6.07) is 13.5. The Kier molecular flexibility index (Phi) is 7.78. The lowest BCUT2D eigenvalue weighted by Gasteiger charge is -2.28. The minimum absolute atomic E-state index is 0.179. The maximum absolute atomic E-state index is 12.7. The third-order valence-corrected chi connectivity index (χ3v) is 5.43. The number of nitrogens with zero attached hydrogens (tertiary/aromatic N) is 2. The normalized spacial score (nSPS) is 18.2. The van der Waals surface area contributed by atoms with Gasteiger partial charge in [0.15, 0.2) is 0 Å². The van der Waals surface area contributed by atoms with E-state index in [0.717, 1.165) is 49.9 Å². The van der Waals surface area contributed by atoms with Crippen LogP contribution >= 0.6 is 0 Å². The lowest BCUT2D eigenvalue weighted by molar-refractivity contribution is -0.191. The molecule has 2 heterocycles. The average molecular weight is 445 g/mol. The fourth-order valence-electron chi connectivity index (χ4n) is 3.75. The van der Waals surface area contributed by atoms with Crippen molar-refractivity contribution in [2.24, 2.45) is 5.92 Å². The third kappa shape index (κ3) is 6.28. The second-order valence-electron chi connectivity index (χ2n) is 7.54. The molecule has 0 spiro atoms. The van der Waals surface area contributed by atoms with Gasteiger partial charge < -0.3 is 9.72 Å². The Hall–Kier alpha value is -3.45. The van der Waals surface area contributed by atoms with Gasteiger partial charge in [-0.3, -0.25) is 4.98 Å². The van der Waals surface area contributed by atoms with Crippen molar-refractivity contribution in [1.29, 1.82) is 0 Å². The van der Waals surface area contributed by atoms with Crippen molar-refractivity contribution >= 4 is 6.15 Å². The molecule has 0 radical (unpaired) electrons. The molecule has 0 atom stereocenters. The zero-order chi connectivity index (χ0) is 23.0. The summed E-state index contributed by atoms with van der Waals surface area (Å²) >= 11 is 0. The highest BCUT2D eigenvalue weighted by atomic mass is 19.4. The minimum atomic E-state index is -4.43. The van der Waals surface area contributed by atoms with E-state index in [1.54, 1.807) is 12.3 Å². The van der Waals surface area contributed by atoms with Crippen molar-refractivity contribution in [3.05, 3.63) is 66.2 Å². The van der Waals surface area contributed by atoms with Crippen molar-refractivity contribution in [2.45, 2.75) is 37.8 Å². The number of aromatic nitrogens is 3. The summed E-state index contributed by atoms with van der Waals surface area (Å²) in [6.07, 6.45) is 2.45. The number of halogens is 3. The number of hydrogen-bond donors (Lipinski definition) is 1. The lowest BCUT2D eigenvalue weighted by atomic mass is 9.80. The molecular weight excluding hydrogens is 423 g/mol. The average Bonchev–Trinajstić information content (AvgIpc) is 3.31. The van der Waals surface area contributed by atoms with Gasteiger partial charge in [0.25, 0.3) is 0 Å². The monoisotopic (exact) mass is 445 g/mol. The number of ether oxygens (including phenoxy) is 1. The van der Waals surface area contributed by atoms with Crippen LogP contribution in [0, 0.1) is 5.92 Å². The summed E-state index contributed by atoms with van der Waals surface area (Å²) in [4.78, 5) is 26.9. The number of imidazole rings is 1. The van der Waals surface area contributed by atoms with Gasteiger partial charge in [-0.05, 0) is 55.9 Å². The fraction of sp³-hybridized carbons (Fsp3) is 0.348. The third-order valence-electron chi connectivity index (χ3n) is 5.43. The number of pyridine rings is 1. The molecule has 0 amide bonds. The van der Waals surface area contributed by atoms with E-state index in [4.69, 9.17) is 14.3 Å². The SMILES string of the molecule is FC(F)(F)c1cnc(-c2ccc(C3CCC(COc4ccccc4)CC3)nc2)[nH]1.O=C=O. The first-order valence-corrected chi connectivity index (χ1v) is 10.2. The molecule has 0 bridgehead atoms. The van der Waals surface area contributed by atoms with Crippen LogP contribution in [0.4, 0.5) is 13.2 Å². The van der Waals surface area contributed by atoms with Gasteiger partial charge in [0, 0.05) is 23.4 Å². The number of hydrogen-bond acceptors (Lipinski definition) is 5. The lowest BCUT2D eigenvalue weighted by Crippen LogP contribution is -2.19. The maximum atomic E-state index is 12.7. The van der Waals surface area contributed by atoms with Gasteiger partial charge in [0.05, 0.1) is 12.8 Å². The number of carbonyl (C=O) groups excluding carboxylic acids is 2. The topological polar surface area (TPSA) is 84.9 Å². The Morgan fingerprint density at radius 1 is 0.969 bits per heavy atom. The predicted molar refractivity (Wildman–Crippen MR) is 108 cm³/mol. The highest BCUT2D eigenvalue weighted by Crippen LogP contribution is 2.36. The van der Waals surface area contributed by atoms with E-state index in [1.165, 1.54) is 0 Å². The molecule has 2 aromatic heterocycles. The zero-order valence-corrected chi connectivity index (χ0v) is 17.1. The zero-order valence-electron chi connectivity index (χ0n) is 17.1. The molecule has 0 unspecified atom stereocenters. The number of para-hydroxylation sites is 1. The number of H-pyrrole nitrogens is 1. The maximum Gasteiger partial charge on any atom is 0.432 e. The van der Waals surface area contributed by atoms with E-state index in [2.05, 4.69) is 15.0 Å². The predicted octanol–water partition coefficient (Wildman–Crippen LogP) is 5.26. The van der Waals surface area contributed by atoms with Crippen LogP contribution in [0.25, 0.3) is 11.4 Å². The minimum Gasteiger partial charge on any atom is -0.493 e. The van der Waals surface area contributed by atoms with Crippen molar-refractivity contribution in [3.63, 3.8) is 0 Å². The largest absolute Gasteiger partial charge is 0.493 e. The molecule has 1 aromatic carbocycles. The first-order valence-electron chi connectivity index (χ1n) is 10.2. The summed E-state index contributed by atoms with van der Waals surface area (Å²) in [6.45, 7) is 0.725. The summed E-state index contributed by atoms with van der Waals surface area (Å²) in [5, 5.41) is 0. The van der Waals surface area contributed by atoms with E-state index < -0.39 is 11.9 Å². The smallest absolute Gasteiger partial charge is 0.432 e. The van der Waals surface area contributed by atoms with E-state index in [9.17, 15) is 13.2 Å². The van der Waals surface area contributed by atoms with Gasteiger partial charge in [-0.15, -0.1) is 0 Å². The summed E-state index contributed by atoms with van der Waals surface area (Å²) < 4.78 is 44.0. The molecule has 168 valence electrons. The Labute approximate surface area is 182 Å². The van der Waals surface area contributed by atoms with Gasteiger partial charge in [0.2, 0.25) is 0 Å². The molecule has 1 aliphatic carbocycles. The van der Waals surface area contributed by atoms with Gasteiger partial charge in [-0.25, -0.2) is 4.98 Å². The molecule has 6 nitrogen and oxygen atoms in total. The second-order valence-corrected chi connectivity index (χ2v) is 7.54. The van der Waals surface area contributed by atoms with E-state index >= 15 is 0 Å². The Balaban J connectivity index is 0.000000913. The molecule has 1 N–H and O–H groups in total. The molecule has 1 fully saturated rings. The van der Waals surface area contributed by atoms with Crippen LogP contribution in [-0.2, 0) is 15.8 Å². The first kappa shape index (κ1) is 23.2. The second kappa shape index (κ2) is 10.7. The van der Waals surface area contributed by atoms with Crippen LogP contribution in [0.3, 0.4) is 0 Å². The number of alkyl halides is 3. The van der Waals surface area contributed by atoms with Crippen LogP contribution in [-0.4, -0.2) is 27.7 Å². The molecule has 4 rings (SSSR count). The summed E-state index contributed by atoms with van der Waals surface area (Å²) in [7, 11) is 0. The van der Waals surface area contributed by atoms with Crippen LogP contribution in [0.2, 0.25) is 0 Å². The van der Waals surface area contributed by atoms with Crippen LogP contribution in [0.15, 0.2) is 54.9 Å². The van der Waals surface area contributed by atoms with Crippen molar-refractivity contribution in [3.8, 4) is 17.1 Å². The van der Waals surface area contributed by atoms with E-state index in [0.29, 0.717) is 17.4 Å². The van der Waals surface area contributed by atoms with Gasteiger partial charge >= 0.3 is 12.3 Å². The standard InChI is InChI=1S/C22H22F3N3O.CO2/c23-22(24,25)20-13-27-21(28-20)17-10-11-19(26-12-17)16-8-6-15(7-9-16)14-29-18-4-2-1-3-5-18;2-1-3/h1-5,10-13,15-16H,6-9,14H2,(H,27,28);. The van der Waals surface area contributed by atoms with Crippen LogP contribution in [0.1, 0.15) is 43.0 Å². The van der Waals surface area contributed by atoms with Crippen molar-refractivity contribution in [1.82, 2.24) is 15.0 Å². The van der Waals surface area contributed by atoms with Gasteiger partial charge in [-0.2, -0.15) is 22.8 Å². The molecule has 0 aliphatic heterocycles. The van der Waals surface area contributed by atoms with Crippen molar-refractivity contribution < 1.29 is 27.5 Å². The van der Waals surface area contributed by atoms with Gasteiger partial charge in [-0.1, -0.05) is 18.2 Å². The van der Waals surface area contributed by atoms with Crippen LogP contribution < -0.4 is 4.74 Å². The fourth-order valence-corrected chi connectivity index (χ4v) is 3.75. The molecular formula is C23H22F3N3O3. The molecule has 3 aromatic rings. The number of nitrogens with one attached hydrogen (secondary N) is 1. The highest BCUT2D eigenvalue weighted by Gasteiger charge is 2.33. The molecule has 0 saturated heterocycles. The Morgan fingerprint density at radius 2 is 1.66 bits per heavy atom. The summed E-state index contributed by atoms with van der Waals surface area (Å²) in [5.41, 5.74) is 0.681. The quantitative estimate of drug-likeness (QED) is 0.579. The molecule has 9 heteroatoms. The van der Waals surface area contributed by atoms with E-state index in [-0.39, 0.29) is 12.0 Å². The number of aromatic amines is 1. The van der Waals surface area contributed by atoms with Crippen LogP contribution in [0.5, 0.6) is 5.75 Å². The molecule has 1 saturated carbocycles. The highest BCUT2D eigenvalue weighted by molar-refractivity contribution is 5.54. The number of benzene rings is 1. The summed E-state index contributed by atoms with van der Waals surface area (Å²) in [5.74, 6) is 1.99. The molecule has 1 aliphatic rings. The Morgan fingerprint density at radius 3 is 2.22 bits per heavy atom.